The summed E-state index contributed by atoms with van der Waals surface area (Å²) >= 11 is 0. The minimum absolute atomic E-state index is 0.192. The highest BCUT2D eigenvalue weighted by Crippen LogP contribution is 2.11. The number of nitrogens with zero attached hydrogens (tertiary/aromatic N) is 2. The molecule has 0 spiro atoms. The number of carboxylic acid groups (broad SMARTS) is 2. The van der Waals surface area contributed by atoms with Gasteiger partial charge >= 0.3 is 24.4 Å². The molecule has 7 N–H and O–H groups in total. The maximum atomic E-state index is 12.6. The molecular formula is C32H59N7O11. The van der Waals surface area contributed by atoms with Crippen LogP contribution in [0, 0.1) is 0 Å². The molecule has 0 saturated carbocycles. The number of ether oxygens (including phenoxy) is 3. The fraction of sp³-hybridized carbons (Fsp3) is 0.781. The van der Waals surface area contributed by atoms with Crippen LogP contribution in [-0.4, -0.2) is 121 Å². The quantitative estimate of drug-likeness (QED) is 0.0392. The molecule has 0 aromatic carbocycles. The Morgan fingerprint density at radius 1 is 0.640 bits per heavy atom. The van der Waals surface area contributed by atoms with Crippen molar-refractivity contribution >= 4 is 42.1 Å². The van der Waals surface area contributed by atoms with Crippen molar-refractivity contribution in [1.82, 2.24) is 31.5 Å². The smallest absolute Gasteiger partial charge is 0.414 e. The van der Waals surface area contributed by atoms with Gasteiger partial charge in [-0.2, -0.15) is 0 Å². The molecule has 0 aromatic rings. The highest BCUT2D eigenvalue weighted by Gasteiger charge is 2.26. The van der Waals surface area contributed by atoms with Gasteiger partial charge in [-0.15, -0.1) is 0 Å². The highest BCUT2D eigenvalue weighted by atomic mass is 16.6. The van der Waals surface area contributed by atoms with Crippen LogP contribution in [-0.2, 0) is 23.8 Å². The van der Waals surface area contributed by atoms with Crippen LogP contribution in [0.3, 0.4) is 0 Å². The molecule has 0 bridgehead atoms. The van der Waals surface area contributed by atoms with Crippen LogP contribution in [0.15, 0.2) is 4.99 Å². The second kappa shape index (κ2) is 24.7. The summed E-state index contributed by atoms with van der Waals surface area (Å²) < 4.78 is 15.7. The van der Waals surface area contributed by atoms with Crippen molar-refractivity contribution < 1.29 is 53.2 Å². The van der Waals surface area contributed by atoms with Gasteiger partial charge in [0.05, 0.1) is 0 Å². The fourth-order valence-corrected chi connectivity index (χ4v) is 4.20. The van der Waals surface area contributed by atoms with Gasteiger partial charge in [0.25, 0.3) is 11.8 Å². The van der Waals surface area contributed by atoms with Crippen molar-refractivity contribution in [2.75, 3.05) is 46.4 Å². The predicted octanol–water partition coefficient (Wildman–Crippen LogP) is 3.40. The van der Waals surface area contributed by atoms with E-state index in [9.17, 15) is 28.8 Å². The summed E-state index contributed by atoms with van der Waals surface area (Å²) in [5.74, 6) is -1.31. The van der Waals surface area contributed by atoms with Gasteiger partial charge in [-0.3, -0.25) is 25.2 Å². The number of methoxy groups -OCH3 is 1. The van der Waals surface area contributed by atoms with Gasteiger partial charge in [-0.1, -0.05) is 25.7 Å². The third-order valence-electron chi connectivity index (χ3n) is 6.40. The Morgan fingerprint density at radius 3 is 1.66 bits per heavy atom. The Kier molecular flexibility index (Phi) is 22.6. The molecule has 50 heavy (non-hydrogen) atoms. The van der Waals surface area contributed by atoms with E-state index in [1.165, 1.54) is 12.0 Å². The molecule has 0 aliphatic rings. The number of guanidine groups is 1. The van der Waals surface area contributed by atoms with E-state index in [1.807, 2.05) is 5.32 Å². The van der Waals surface area contributed by atoms with E-state index in [1.54, 1.807) is 41.5 Å². The molecule has 0 fully saturated rings. The summed E-state index contributed by atoms with van der Waals surface area (Å²) in [5, 5.41) is 29.7. The van der Waals surface area contributed by atoms with E-state index < -0.39 is 53.5 Å². The Bertz CT molecular complexity index is 1110. The summed E-state index contributed by atoms with van der Waals surface area (Å²) in [6, 6.07) is 0. The van der Waals surface area contributed by atoms with E-state index in [-0.39, 0.29) is 19.0 Å². The van der Waals surface area contributed by atoms with Crippen LogP contribution in [0.5, 0.6) is 0 Å². The van der Waals surface area contributed by atoms with Gasteiger partial charge in [0, 0.05) is 46.4 Å². The third-order valence-corrected chi connectivity index (χ3v) is 6.40. The van der Waals surface area contributed by atoms with Crippen molar-refractivity contribution in [2.45, 2.75) is 117 Å². The normalized spacial score (nSPS) is 12.3. The minimum Gasteiger partial charge on any atom is -0.465 e. The van der Waals surface area contributed by atoms with Gasteiger partial charge in [0.15, 0.2) is 0 Å². The van der Waals surface area contributed by atoms with Crippen LogP contribution in [0.4, 0.5) is 19.2 Å². The highest BCUT2D eigenvalue weighted by molar-refractivity contribution is 6.03. The third kappa shape index (κ3) is 25.6. The molecule has 0 aromatic heterocycles. The zero-order valence-corrected chi connectivity index (χ0v) is 30.6. The van der Waals surface area contributed by atoms with Gasteiger partial charge in [-0.05, 0) is 73.6 Å². The molecule has 0 aliphatic heterocycles. The van der Waals surface area contributed by atoms with Crippen LogP contribution in [0.25, 0.3) is 0 Å². The number of carbonyl (C=O) groups is 6. The van der Waals surface area contributed by atoms with Crippen molar-refractivity contribution in [1.29, 1.82) is 0 Å². The Morgan fingerprint density at radius 2 is 1.14 bits per heavy atom. The minimum atomic E-state index is -1.36. The average Bonchev–Trinajstić information content (AvgIpc) is 2.96. The SMILES string of the molecule is COC(C(=O)NCCCCCCCCN=C(NC(=O)O)NC(=O)OC(C)(C)C)C(=O)NCCCCN(CCCNC(=O)O)C(=O)OC(C)(C)C. The Hall–Kier alpha value is -4.35. The monoisotopic (exact) mass is 717 g/mol. The maximum absolute atomic E-state index is 12.6. The standard InChI is InChI=1S/C32H59N7O11/c1-31(2,3)49-29(46)38-26(37-28(44)45)35-19-13-11-9-8-10-12-17-33-24(40)23(48-7)25(41)34-18-14-15-21-39(22-16-20-36-27(42)43)30(47)50-32(4,5)6/h23,36H,8-22H2,1-7H3,(H,33,40)(H,34,41)(H,42,43)(H,44,45)(H2,35,37,38,46). The van der Waals surface area contributed by atoms with Crippen molar-refractivity contribution in [3.05, 3.63) is 0 Å². The number of carbonyl (C=O) groups excluding carboxylic acids is 4. The van der Waals surface area contributed by atoms with Crippen molar-refractivity contribution in [3.63, 3.8) is 0 Å². The summed E-state index contributed by atoms with van der Waals surface area (Å²) in [6.07, 6.45) is 1.20. The van der Waals surface area contributed by atoms with E-state index in [4.69, 9.17) is 24.4 Å². The predicted molar refractivity (Wildman–Crippen MR) is 185 cm³/mol. The largest absolute Gasteiger partial charge is 0.465 e. The molecule has 1 atom stereocenters. The zero-order chi connectivity index (χ0) is 38.2. The molecule has 0 radical (unpaired) electrons. The molecule has 6 amide bonds. The van der Waals surface area contributed by atoms with Crippen LogP contribution < -0.4 is 26.6 Å². The number of amides is 6. The molecule has 1 unspecified atom stereocenters. The maximum Gasteiger partial charge on any atom is 0.414 e. The molecule has 18 heteroatoms. The van der Waals surface area contributed by atoms with E-state index in [0.717, 1.165) is 25.7 Å². The lowest BCUT2D eigenvalue weighted by Crippen LogP contribution is -2.47. The Balaban J connectivity index is 4.37. The number of hydrogen-bond acceptors (Lipinski definition) is 10. The summed E-state index contributed by atoms with van der Waals surface area (Å²) in [4.78, 5) is 76.8. The van der Waals surface area contributed by atoms with Crippen LogP contribution in [0.1, 0.15) is 99.3 Å². The van der Waals surface area contributed by atoms with Gasteiger partial charge in [0.1, 0.15) is 11.2 Å². The molecule has 0 heterocycles. The fourth-order valence-electron chi connectivity index (χ4n) is 4.20. The first-order chi connectivity index (χ1) is 23.3. The first-order valence-corrected chi connectivity index (χ1v) is 16.9. The van der Waals surface area contributed by atoms with Gasteiger partial charge in [-0.25, -0.2) is 19.2 Å². The van der Waals surface area contributed by atoms with Crippen molar-refractivity contribution in [3.8, 4) is 0 Å². The first kappa shape index (κ1) is 45.6. The Labute approximate surface area is 294 Å². The van der Waals surface area contributed by atoms with Gasteiger partial charge in [0.2, 0.25) is 12.1 Å². The number of unbranched alkanes of at least 4 members (excludes halogenated alkanes) is 6. The molecule has 18 nitrogen and oxygen atoms in total. The zero-order valence-electron chi connectivity index (χ0n) is 30.6. The summed E-state index contributed by atoms with van der Waals surface area (Å²) in [5.41, 5.74) is -1.43. The number of nitrogens with one attached hydrogen (secondary N) is 5. The average molecular weight is 718 g/mol. The van der Waals surface area contributed by atoms with Gasteiger partial charge < -0.3 is 45.3 Å². The number of aliphatic imine (C=N–C) groups is 1. The molecule has 288 valence electrons. The second-order valence-electron chi connectivity index (χ2n) is 13.4. The summed E-state index contributed by atoms with van der Waals surface area (Å²) in [7, 11) is 1.28. The lowest BCUT2D eigenvalue weighted by atomic mass is 10.1. The number of rotatable bonds is 21. The van der Waals surface area contributed by atoms with Crippen molar-refractivity contribution in [2.24, 2.45) is 4.99 Å². The summed E-state index contributed by atoms with van der Waals surface area (Å²) in [6.45, 7) is 12.1. The van der Waals surface area contributed by atoms with Crippen LogP contribution >= 0.6 is 0 Å². The molecular weight excluding hydrogens is 658 g/mol. The number of alkyl carbamates (subject to hydrolysis) is 1. The second-order valence-corrected chi connectivity index (χ2v) is 13.4. The lowest BCUT2D eigenvalue weighted by molar-refractivity contribution is -0.143. The molecule has 0 saturated heterocycles. The number of hydrogen-bond donors (Lipinski definition) is 7. The molecule has 0 aliphatic carbocycles. The van der Waals surface area contributed by atoms with E-state index >= 15 is 0 Å². The lowest BCUT2D eigenvalue weighted by Gasteiger charge is -2.27. The first-order valence-electron chi connectivity index (χ1n) is 16.9. The molecule has 0 rings (SSSR count). The van der Waals surface area contributed by atoms with E-state index in [0.29, 0.717) is 58.3 Å². The van der Waals surface area contributed by atoms with Crippen LogP contribution in [0.2, 0.25) is 0 Å². The topological polar surface area (TPSA) is 246 Å². The van der Waals surface area contributed by atoms with E-state index in [2.05, 4.69) is 26.3 Å².